The lowest BCUT2D eigenvalue weighted by atomic mass is 10.0. The van der Waals surface area contributed by atoms with E-state index in [0.717, 1.165) is 0 Å². The van der Waals surface area contributed by atoms with Gasteiger partial charge in [-0.25, -0.2) is 9.59 Å². The maximum Gasteiger partial charge on any atom is 0.413 e. The van der Waals surface area contributed by atoms with Crippen LogP contribution < -0.4 is 21.3 Å². The Morgan fingerprint density at radius 3 is 2.81 bits per heavy atom. The van der Waals surface area contributed by atoms with Crippen molar-refractivity contribution in [1.82, 2.24) is 16.0 Å². The SMILES string of the molecule is CCOC(=O)NC(=O)C1CCSC1NC(=O)C1NC(=O)Nc2ccccc21. The second kappa shape index (κ2) is 8.30. The van der Waals surface area contributed by atoms with Gasteiger partial charge in [0.15, 0.2) is 0 Å². The molecule has 2 heterocycles. The Kier molecular flexibility index (Phi) is 5.84. The number of hydrogen-bond donors (Lipinski definition) is 4. The number of rotatable bonds is 4. The third-order valence-corrected chi connectivity index (χ3v) is 5.55. The number of fused-ring (bicyclic) bond motifs is 1. The number of imide groups is 1. The third-order valence-electron chi connectivity index (χ3n) is 4.27. The number of carbonyl (C=O) groups excluding carboxylic acids is 4. The molecule has 9 nitrogen and oxygen atoms in total. The van der Waals surface area contributed by atoms with Crippen molar-refractivity contribution in [2.45, 2.75) is 24.8 Å². The molecule has 0 aliphatic carbocycles. The first-order valence-electron chi connectivity index (χ1n) is 8.55. The van der Waals surface area contributed by atoms with Gasteiger partial charge >= 0.3 is 12.1 Å². The van der Waals surface area contributed by atoms with E-state index in [-0.39, 0.29) is 6.61 Å². The van der Waals surface area contributed by atoms with Crippen LogP contribution in [0, 0.1) is 5.92 Å². The van der Waals surface area contributed by atoms with Crippen LogP contribution in [0.5, 0.6) is 0 Å². The fraction of sp³-hybridized carbons (Fsp3) is 0.412. The van der Waals surface area contributed by atoms with Crippen LogP contribution >= 0.6 is 11.8 Å². The average molecular weight is 392 g/mol. The summed E-state index contributed by atoms with van der Waals surface area (Å²) in [6.45, 7) is 1.80. The number of nitrogens with one attached hydrogen (secondary N) is 4. The smallest absolute Gasteiger partial charge is 0.413 e. The van der Waals surface area contributed by atoms with E-state index in [9.17, 15) is 19.2 Å². The average Bonchev–Trinajstić information content (AvgIpc) is 3.09. The second-order valence-corrected chi connectivity index (χ2v) is 7.27. The third kappa shape index (κ3) is 4.33. The molecule has 1 saturated heterocycles. The van der Waals surface area contributed by atoms with E-state index in [1.807, 2.05) is 0 Å². The number of para-hydroxylation sites is 1. The molecule has 3 atom stereocenters. The lowest BCUT2D eigenvalue weighted by Crippen LogP contribution is -2.50. The summed E-state index contributed by atoms with van der Waals surface area (Å²) in [5.74, 6) is -0.791. The Hall–Kier alpha value is -2.75. The summed E-state index contributed by atoms with van der Waals surface area (Å²) in [5, 5.41) is 9.75. The lowest BCUT2D eigenvalue weighted by Gasteiger charge is -2.28. The van der Waals surface area contributed by atoms with Crippen molar-refractivity contribution in [3.8, 4) is 0 Å². The zero-order chi connectivity index (χ0) is 19.4. The van der Waals surface area contributed by atoms with Gasteiger partial charge in [-0.1, -0.05) is 18.2 Å². The van der Waals surface area contributed by atoms with Crippen molar-refractivity contribution < 1.29 is 23.9 Å². The highest BCUT2D eigenvalue weighted by Crippen LogP contribution is 2.32. The van der Waals surface area contributed by atoms with Gasteiger partial charge in [0.05, 0.1) is 17.9 Å². The minimum absolute atomic E-state index is 0.160. The van der Waals surface area contributed by atoms with Gasteiger partial charge in [-0.05, 0) is 25.2 Å². The van der Waals surface area contributed by atoms with Crippen molar-refractivity contribution >= 4 is 41.4 Å². The second-order valence-electron chi connectivity index (χ2n) is 6.02. The van der Waals surface area contributed by atoms with Crippen LogP contribution in [0.4, 0.5) is 15.3 Å². The maximum atomic E-state index is 12.8. The van der Waals surface area contributed by atoms with E-state index in [2.05, 4.69) is 21.3 Å². The molecular formula is C17H20N4O5S. The van der Waals surface area contributed by atoms with Crippen molar-refractivity contribution in [2.24, 2.45) is 5.92 Å². The molecule has 0 spiro atoms. The van der Waals surface area contributed by atoms with Crippen molar-refractivity contribution in [3.05, 3.63) is 29.8 Å². The van der Waals surface area contributed by atoms with Gasteiger partial charge in [-0.2, -0.15) is 0 Å². The summed E-state index contributed by atoms with van der Waals surface area (Å²) in [6, 6.07) is 5.68. The molecular weight excluding hydrogens is 372 g/mol. The summed E-state index contributed by atoms with van der Waals surface area (Å²) in [6.07, 6.45) is -0.278. The van der Waals surface area contributed by atoms with Crippen molar-refractivity contribution in [2.75, 3.05) is 17.7 Å². The number of benzene rings is 1. The zero-order valence-electron chi connectivity index (χ0n) is 14.6. The molecule has 1 aromatic carbocycles. The number of amides is 5. The summed E-state index contributed by atoms with van der Waals surface area (Å²) in [4.78, 5) is 48.3. The van der Waals surface area contributed by atoms with E-state index in [1.54, 1.807) is 31.2 Å². The largest absolute Gasteiger partial charge is 0.450 e. The predicted molar refractivity (Wildman–Crippen MR) is 99.0 cm³/mol. The molecule has 4 N–H and O–H groups in total. The molecule has 144 valence electrons. The number of alkyl carbamates (subject to hydrolysis) is 1. The number of ether oxygens (including phenoxy) is 1. The monoisotopic (exact) mass is 392 g/mol. The van der Waals surface area contributed by atoms with E-state index in [4.69, 9.17) is 4.74 Å². The standard InChI is InChI=1S/C17H20N4O5S/c1-2-26-17(25)21-13(22)10-7-8-27-15(10)20-14(23)12-9-5-3-4-6-11(9)18-16(24)19-12/h3-6,10,12,15H,2,7-8H2,1H3,(H,20,23)(H2,18,19,24)(H,21,22,25). The van der Waals surface area contributed by atoms with Crippen LogP contribution in [0.1, 0.15) is 24.9 Å². The summed E-state index contributed by atoms with van der Waals surface area (Å²) in [7, 11) is 0. The topological polar surface area (TPSA) is 126 Å². The molecule has 1 aromatic rings. The van der Waals surface area contributed by atoms with Crippen LogP contribution in [-0.4, -0.2) is 41.7 Å². The molecule has 3 unspecified atom stereocenters. The molecule has 0 saturated carbocycles. The molecule has 3 rings (SSSR count). The Labute approximate surface area is 160 Å². The molecule has 2 aliphatic heterocycles. The van der Waals surface area contributed by atoms with Crippen LogP contribution in [0.3, 0.4) is 0 Å². The van der Waals surface area contributed by atoms with Crippen LogP contribution in [-0.2, 0) is 14.3 Å². The molecule has 2 aliphatic rings. The number of carbonyl (C=O) groups is 4. The molecule has 0 aromatic heterocycles. The quantitative estimate of drug-likeness (QED) is 0.613. The summed E-state index contributed by atoms with van der Waals surface area (Å²) >= 11 is 1.42. The predicted octanol–water partition coefficient (Wildman–Crippen LogP) is 1.33. The fourth-order valence-corrected chi connectivity index (χ4v) is 4.36. The zero-order valence-corrected chi connectivity index (χ0v) is 15.4. The van der Waals surface area contributed by atoms with Gasteiger partial charge in [0.1, 0.15) is 6.04 Å². The molecule has 0 radical (unpaired) electrons. The molecule has 10 heteroatoms. The first kappa shape index (κ1) is 19.0. The first-order chi connectivity index (χ1) is 13.0. The van der Waals surface area contributed by atoms with E-state index in [0.29, 0.717) is 23.4 Å². The summed E-state index contributed by atoms with van der Waals surface area (Å²) < 4.78 is 4.72. The highest BCUT2D eigenvalue weighted by Gasteiger charge is 2.38. The lowest BCUT2D eigenvalue weighted by molar-refractivity contribution is -0.126. The van der Waals surface area contributed by atoms with Gasteiger partial charge in [0.2, 0.25) is 11.8 Å². The summed E-state index contributed by atoms with van der Waals surface area (Å²) in [5.41, 5.74) is 1.21. The number of anilines is 1. The van der Waals surface area contributed by atoms with E-state index >= 15 is 0 Å². The molecule has 27 heavy (non-hydrogen) atoms. The Morgan fingerprint density at radius 2 is 2.04 bits per heavy atom. The van der Waals surface area contributed by atoms with Gasteiger partial charge < -0.3 is 20.7 Å². The van der Waals surface area contributed by atoms with Gasteiger partial charge in [0, 0.05) is 11.3 Å². The van der Waals surface area contributed by atoms with Gasteiger partial charge in [0.25, 0.3) is 0 Å². The minimum Gasteiger partial charge on any atom is -0.450 e. The number of urea groups is 1. The minimum atomic E-state index is -0.857. The van der Waals surface area contributed by atoms with Crippen molar-refractivity contribution in [1.29, 1.82) is 0 Å². The normalized spacial score (nSPS) is 23.4. The number of hydrogen-bond acceptors (Lipinski definition) is 6. The molecule has 0 bridgehead atoms. The van der Waals surface area contributed by atoms with Crippen LogP contribution in [0.2, 0.25) is 0 Å². The van der Waals surface area contributed by atoms with Crippen LogP contribution in [0.25, 0.3) is 0 Å². The molecule has 1 fully saturated rings. The van der Waals surface area contributed by atoms with E-state index < -0.39 is 41.3 Å². The van der Waals surface area contributed by atoms with Crippen LogP contribution in [0.15, 0.2) is 24.3 Å². The highest BCUT2D eigenvalue weighted by molar-refractivity contribution is 8.00. The maximum absolute atomic E-state index is 12.8. The van der Waals surface area contributed by atoms with Gasteiger partial charge in [-0.3, -0.25) is 14.9 Å². The Bertz CT molecular complexity index is 771. The first-order valence-corrected chi connectivity index (χ1v) is 9.60. The number of thioether (sulfide) groups is 1. The van der Waals surface area contributed by atoms with E-state index in [1.165, 1.54) is 11.8 Å². The van der Waals surface area contributed by atoms with Gasteiger partial charge in [-0.15, -0.1) is 11.8 Å². The Balaban J connectivity index is 1.67. The highest BCUT2D eigenvalue weighted by atomic mass is 32.2. The fourth-order valence-electron chi connectivity index (χ4n) is 3.02. The van der Waals surface area contributed by atoms with Crippen molar-refractivity contribution in [3.63, 3.8) is 0 Å². The Morgan fingerprint density at radius 1 is 1.26 bits per heavy atom. The molecule has 5 amide bonds.